The third kappa shape index (κ3) is 2.95. The number of nitrogens with zero attached hydrogens (tertiary/aromatic N) is 2. The summed E-state index contributed by atoms with van der Waals surface area (Å²) in [5, 5.41) is 1.29. The number of rotatable bonds is 3. The van der Waals surface area contributed by atoms with Gasteiger partial charge in [0.05, 0.1) is 12.6 Å². The van der Waals surface area contributed by atoms with Crippen molar-refractivity contribution in [3.63, 3.8) is 0 Å². The molecule has 3 heterocycles. The van der Waals surface area contributed by atoms with Gasteiger partial charge >= 0.3 is 6.09 Å². The topological polar surface area (TPSA) is 65.6 Å². The molecule has 2 aliphatic heterocycles. The number of fused-ring (bicyclic) bond motifs is 3. The number of para-hydroxylation sites is 1. The highest BCUT2D eigenvalue weighted by atomic mass is 16.6. The predicted molar refractivity (Wildman–Crippen MR) is 106 cm³/mol. The van der Waals surface area contributed by atoms with E-state index in [0.29, 0.717) is 19.1 Å². The normalized spacial score (nSPS) is 23.1. The third-order valence-corrected chi connectivity index (χ3v) is 6.67. The predicted octanol–water partition coefficient (Wildman–Crippen LogP) is 3.63. The third-order valence-electron chi connectivity index (χ3n) is 6.67. The first kappa shape index (κ1) is 17.6. The summed E-state index contributed by atoms with van der Waals surface area (Å²) in [5.74, 6) is 0.522. The summed E-state index contributed by atoms with van der Waals surface area (Å²) in [7, 11) is 0. The van der Waals surface area contributed by atoms with Crippen LogP contribution in [0, 0.1) is 5.92 Å². The van der Waals surface area contributed by atoms with Crippen molar-refractivity contribution in [3.05, 3.63) is 35.5 Å². The molecule has 6 nitrogen and oxygen atoms in total. The Balaban J connectivity index is 1.49. The second-order valence-corrected chi connectivity index (χ2v) is 8.28. The van der Waals surface area contributed by atoms with E-state index in [1.165, 1.54) is 40.8 Å². The Morgan fingerprint density at radius 3 is 2.75 bits per heavy atom. The summed E-state index contributed by atoms with van der Waals surface area (Å²) in [6.07, 6.45) is 6.57. The Labute approximate surface area is 164 Å². The van der Waals surface area contributed by atoms with E-state index < -0.39 is 0 Å². The molecule has 2 aromatic rings. The lowest BCUT2D eigenvalue weighted by atomic mass is 9.79. The van der Waals surface area contributed by atoms with E-state index in [9.17, 15) is 9.59 Å². The maximum atomic E-state index is 13.2. The molecule has 1 unspecified atom stereocenters. The lowest BCUT2D eigenvalue weighted by molar-refractivity contribution is -0.136. The first-order valence-electron chi connectivity index (χ1n) is 10.5. The SMILES string of the molecule is O=C1OCCN1CC(=O)N1CCc2c([nH]c3ccccc23)C1C1CCCCC1. The molecule has 1 aromatic heterocycles. The van der Waals surface area contributed by atoms with Crippen LogP contribution >= 0.6 is 0 Å². The van der Waals surface area contributed by atoms with Crippen molar-refractivity contribution in [2.24, 2.45) is 5.92 Å². The van der Waals surface area contributed by atoms with E-state index >= 15 is 0 Å². The van der Waals surface area contributed by atoms with Crippen LogP contribution in [0.1, 0.15) is 49.4 Å². The first-order valence-corrected chi connectivity index (χ1v) is 10.5. The van der Waals surface area contributed by atoms with Gasteiger partial charge in [-0.15, -0.1) is 0 Å². The average molecular weight is 381 g/mol. The van der Waals surface area contributed by atoms with Crippen molar-refractivity contribution < 1.29 is 14.3 Å². The number of H-pyrrole nitrogens is 1. The molecule has 5 rings (SSSR count). The summed E-state index contributed by atoms with van der Waals surface area (Å²) >= 11 is 0. The molecule has 2 fully saturated rings. The summed E-state index contributed by atoms with van der Waals surface area (Å²) < 4.78 is 5.00. The van der Waals surface area contributed by atoms with Gasteiger partial charge in [-0.2, -0.15) is 0 Å². The first-order chi connectivity index (χ1) is 13.7. The highest BCUT2D eigenvalue weighted by molar-refractivity contribution is 5.87. The fourth-order valence-electron chi connectivity index (χ4n) is 5.31. The largest absolute Gasteiger partial charge is 0.448 e. The molecular formula is C22H27N3O3. The molecule has 1 atom stereocenters. The summed E-state index contributed by atoms with van der Waals surface area (Å²) in [4.78, 5) is 32.3. The maximum Gasteiger partial charge on any atom is 0.410 e. The van der Waals surface area contributed by atoms with Gasteiger partial charge in [0.25, 0.3) is 0 Å². The number of cyclic esters (lactones) is 1. The van der Waals surface area contributed by atoms with Gasteiger partial charge < -0.3 is 14.6 Å². The van der Waals surface area contributed by atoms with Crippen molar-refractivity contribution in [1.29, 1.82) is 0 Å². The quantitative estimate of drug-likeness (QED) is 0.883. The van der Waals surface area contributed by atoms with Gasteiger partial charge in [0.2, 0.25) is 5.91 Å². The van der Waals surface area contributed by atoms with E-state index in [4.69, 9.17) is 4.74 Å². The van der Waals surface area contributed by atoms with Gasteiger partial charge in [-0.25, -0.2) is 4.79 Å². The van der Waals surface area contributed by atoms with E-state index in [2.05, 4.69) is 29.2 Å². The number of hydrogen-bond donors (Lipinski definition) is 1. The Kier molecular flexibility index (Phi) is 4.49. The number of nitrogens with one attached hydrogen (secondary N) is 1. The highest BCUT2D eigenvalue weighted by Crippen LogP contribution is 2.43. The molecule has 1 aliphatic carbocycles. The summed E-state index contributed by atoms with van der Waals surface area (Å²) in [6, 6.07) is 8.53. The van der Waals surface area contributed by atoms with Crippen LogP contribution in [0.2, 0.25) is 0 Å². The van der Waals surface area contributed by atoms with Crippen molar-refractivity contribution in [1.82, 2.24) is 14.8 Å². The minimum Gasteiger partial charge on any atom is -0.448 e. The summed E-state index contributed by atoms with van der Waals surface area (Å²) in [5.41, 5.74) is 3.75. The number of aromatic nitrogens is 1. The van der Waals surface area contributed by atoms with E-state index in [0.717, 1.165) is 31.3 Å². The number of aromatic amines is 1. The zero-order valence-electron chi connectivity index (χ0n) is 16.2. The Hall–Kier alpha value is -2.50. The Morgan fingerprint density at radius 1 is 1.14 bits per heavy atom. The van der Waals surface area contributed by atoms with Crippen LogP contribution in [0.5, 0.6) is 0 Å². The van der Waals surface area contributed by atoms with E-state index in [1.807, 2.05) is 4.90 Å². The van der Waals surface area contributed by atoms with Gasteiger partial charge in [-0.3, -0.25) is 9.69 Å². The van der Waals surface area contributed by atoms with Crippen molar-refractivity contribution >= 4 is 22.9 Å². The molecule has 1 saturated heterocycles. The standard InChI is InChI=1S/C22H27N3O3/c26-19(14-24-12-13-28-22(24)27)25-11-10-17-16-8-4-5-9-18(16)23-20(17)21(25)15-6-2-1-3-7-15/h4-5,8-9,15,21,23H,1-3,6-7,10-14H2. The molecule has 148 valence electrons. The van der Waals surface area contributed by atoms with Gasteiger partial charge in [0.1, 0.15) is 13.2 Å². The Bertz CT molecular complexity index is 900. The zero-order valence-corrected chi connectivity index (χ0v) is 16.2. The molecule has 0 spiro atoms. The molecule has 2 amide bonds. The number of ether oxygens (including phenoxy) is 1. The molecule has 28 heavy (non-hydrogen) atoms. The van der Waals surface area contributed by atoms with Gasteiger partial charge in [-0.1, -0.05) is 37.5 Å². The van der Waals surface area contributed by atoms with Crippen LogP contribution < -0.4 is 0 Å². The molecule has 6 heteroatoms. The number of hydrogen-bond acceptors (Lipinski definition) is 3. The van der Waals surface area contributed by atoms with Gasteiger partial charge in [0.15, 0.2) is 0 Å². The van der Waals surface area contributed by atoms with Crippen LogP contribution in [0.3, 0.4) is 0 Å². The zero-order chi connectivity index (χ0) is 19.1. The van der Waals surface area contributed by atoms with Crippen molar-refractivity contribution in [3.8, 4) is 0 Å². The van der Waals surface area contributed by atoms with Crippen LogP contribution in [-0.2, 0) is 16.0 Å². The van der Waals surface area contributed by atoms with Crippen molar-refractivity contribution in [2.75, 3.05) is 26.2 Å². The van der Waals surface area contributed by atoms with Crippen LogP contribution in [-0.4, -0.2) is 53.0 Å². The Morgan fingerprint density at radius 2 is 1.96 bits per heavy atom. The minimum absolute atomic E-state index is 0.0405. The van der Waals surface area contributed by atoms with Gasteiger partial charge in [-0.05, 0) is 36.8 Å². The second kappa shape index (κ2) is 7.15. The molecule has 1 N–H and O–H groups in total. The number of benzene rings is 1. The number of carbonyl (C=O) groups excluding carboxylic acids is 2. The monoisotopic (exact) mass is 381 g/mol. The maximum absolute atomic E-state index is 13.2. The molecular weight excluding hydrogens is 354 g/mol. The molecule has 0 radical (unpaired) electrons. The molecule has 1 saturated carbocycles. The molecule has 1 aromatic carbocycles. The number of amides is 2. The van der Waals surface area contributed by atoms with Crippen molar-refractivity contribution in [2.45, 2.75) is 44.6 Å². The van der Waals surface area contributed by atoms with Crippen LogP contribution in [0.15, 0.2) is 24.3 Å². The molecule has 3 aliphatic rings. The lowest BCUT2D eigenvalue weighted by Gasteiger charge is -2.42. The van der Waals surface area contributed by atoms with E-state index in [1.54, 1.807) is 0 Å². The minimum atomic E-state index is -0.370. The van der Waals surface area contributed by atoms with Crippen LogP contribution in [0.4, 0.5) is 4.79 Å². The lowest BCUT2D eigenvalue weighted by Crippen LogP contribution is -2.47. The van der Waals surface area contributed by atoms with E-state index in [-0.39, 0.29) is 24.6 Å². The summed E-state index contributed by atoms with van der Waals surface area (Å²) in [6.45, 7) is 1.73. The van der Waals surface area contributed by atoms with Gasteiger partial charge in [0, 0.05) is 23.1 Å². The highest BCUT2D eigenvalue weighted by Gasteiger charge is 2.39. The molecule has 0 bridgehead atoms. The second-order valence-electron chi connectivity index (χ2n) is 8.28. The fraction of sp³-hybridized carbons (Fsp3) is 0.545. The average Bonchev–Trinajstić information content (AvgIpc) is 3.31. The smallest absolute Gasteiger partial charge is 0.410 e. The van der Waals surface area contributed by atoms with Crippen LogP contribution in [0.25, 0.3) is 10.9 Å². The fourth-order valence-corrected chi connectivity index (χ4v) is 5.31. The number of carbonyl (C=O) groups is 2.